The van der Waals surface area contributed by atoms with Crippen LogP contribution < -0.4 is 0 Å². The van der Waals surface area contributed by atoms with Crippen LogP contribution >= 0.6 is 0 Å². The molecule has 6 heteroatoms. The van der Waals surface area contributed by atoms with Gasteiger partial charge in [-0.2, -0.15) is 0 Å². The number of aliphatic carboxylic acids is 3. The maximum atomic E-state index is 11.9. The van der Waals surface area contributed by atoms with Crippen LogP contribution in [-0.2, 0) is 14.4 Å². The van der Waals surface area contributed by atoms with Crippen LogP contribution in [0.5, 0.6) is 0 Å². The summed E-state index contributed by atoms with van der Waals surface area (Å²) < 4.78 is 0. The summed E-state index contributed by atoms with van der Waals surface area (Å²) >= 11 is 0. The Bertz CT molecular complexity index is 962. The number of carboxylic acids is 3. The van der Waals surface area contributed by atoms with E-state index in [1.807, 2.05) is 6.08 Å². The highest BCUT2D eigenvalue weighted by atomic mass is 16.4. The third kappa shape index (κ3) is 4.77. The first-order valence-corrected chi connectivity index (χ1v) is 13.7. The molecule has 3 aliphatic carbocycles. The summed E-state index contributed by atoms with van der Waals surface area (Å²) in [6.07, 6.45) is 10.3. The molecule has 0 amide bonds. The summed E-state index contributed by atoms with van der Waals surface area (Å²) in [6.45, 7) is 12.9. The van der Waals surface area contributed by atoms with Crippen LogP contribution in [0.1, 0.15) is 106 Å². The molecular formula is C30H46O6. The van der Waals surface area contributed by atoms with Crippen LogP contribution in [0.4, 0.5) is 0 Å². The van der Waals surface area contributed by atoms with Crippen LogP contribution in [-0.4, -0.2) is 33.2 Å². The average Bonchev–Trinajstić information content (AvgIpc) is 3.07. The molecule has 0 aromatic rings. The normalized spacial score (nSPS) is 38.6. The SMILES string of the molecule is C/C(C(=O)O)=C1\CC[C@@H]2[C@@](C)(CC[C@]3(C)[C@@H]([C@H](C)CC/C=C(\C)C(=O)O)CC[C@@]23C)[C@@H]1CCC(=O)O. The molecule has 3 fully saturated rings. The van der Waals surface area contributed by atoms with Crippen LogP contribution in [0, 0.1) is 39.9 Å². The maximum absolute atomic E-state index is 11.9. The van der Waals surface area contributed by atoms with Crippen LogP contribution in [0.2, 0.25) is 0 Å². The molecule has 3 N–H and O–H groups in total. The van der Waals surface area contributed by atoms with Gasteiger partial charge in [-0.3, -0.25) is 4.79 Å². The quantitative estimate of drug-likeness (QED) is 0.294. The van der Waals surface area contributed by atoms with E-state index >= 15 is 0 Å². The molecule has 0 aliphatic heterocycles. The Morgan fingerprint density at radius 1 is 0.972 bits per heavy atom. The summed E-state index contributed by atoms with van der Waals surface area (Å²) in [4.78, 5) is 34.6. The average molecular weight is 503 g/mol. The molecule has 0 bridgehead atoms. The summed E-state index contributed by atoms with van der Waals surface area (Å²) in [7, 11) is 0. The van der Waals surface area contributed by atoms with Gasteiger partial charge in [0.15, 0.2) is 0 Å². The predicted octanol–water partition coefficient (Wildman–Crippen LogP) is 6.95. The molecule has 3 rings (SSSR count). The van der Waals surface area contributed by atoms with Crippen molar-refractivity contribution in [1.82, 2.24) is 0 Å². The third-order valence-electron chi connectivity index (χ3n) is 11.3. The molecule has 202 valence electrons. The highest BCUT2D eigenvalue weighted by molar-refractivity contribution is 5.87. The summed E-state index contributed by atoms with van der Waals surface area (Å²) in [5, 5.41) is 28.4. The number of rotatable bonds is 9. The summed E-state index contributed by atoms with van der Waals surface area (Å²) in [5.74, 6) is -1.07. The van der Waals surface area contributed by atoms with Crippen molar-refractivity contribution >= 4 is 17.9 Å². The largest absolute Gasteiger partial charge is 0.481 e. The van der Waals surface area contributed by atoms with Crippen molar-refractivity contribution < 1.29 is 29.7 Å². The molecular weight excluding hydrogens is 456 g/mol. The van der Waals surface area contributed by atoms with Crippen molar-refractivity contribution in [2.45, 2.75) is 106 Å². The van der Waals surface area contributed by atoms with E-state index in [-0.39, 0.29) is 28.6 Å². The van der Waals surface area contributed by atoms with Gasteiger partial charge in [-0.1, -0.05) is 39.3 Å². The molecule has 36 heavy (non-hydrogen) atoms. The van der Waals surface area contributed by atoms with Gasteiger partial charge in [-0.25, -0.2) is 9.59 Å². The second-order valence-corrected chi connectivity index (χ2v) is 12.8. The fourth-order valence-electron chi connectivity index (χ4n) is 9.02. The highest BCUT2D eigenvalue weighted by Crippen LogP contribution is 2.74. The Labute approximate surface area is 216 Å². The second-order valence-electron chi connectivity index (χ2n) is 12.8. The maximum Gasteiger partial charge on any atom is 0.331 e. The van der Waals surface area contributed by atoms with E-state index in [1.54, 1.807) is 13.8 Å². The lowest BCUT2D eigenvalue weighted by Gasteiger charge is -2.65. The van der Waals surface area contributed by atoms with Gasteiger partial charge in [0.25, 0.3) is 0 Å². The number of carbonyl (C=O) groups is 3. The zero-order valence-electron chi connectivity index (χ0n) is 23.0. The standard InChI is InChI=1S/C30H46O6/c1-18(8-7-9-19(2)26(33)34)22-14-15-30(6)24-12-10-21(20(3)27(35)36)23(11-13-25(31)32)28(24,4)16-17-29(22,30)5/h9,18,22-24H,7-8,10-17H2,1-6H3,(H,31,32)(H,33,34)(H,35,36)/b19-9+,21-20-/t18-,22-,23-,24-,28+,29-,30+/m1/s1. The van der Waals surface area contributed by atoms with E-state index in [0.717, 1.165) is 50.5 Å². The Morgan fingerprint density at radius 2 is 1.64 bits per heavy atom. The minimum atomic E-state index is -0.888. The number of carboxylic acid groups (broad SMARTS) is 3. The van der Waals surface area contributed by atoms with Gasteiger partial charge >= 0.3 is 17.9 Å². The fraction of sp³-hybridized carbons (Fsp3) is 0.767. The lowest BCUT2D eigenvalue weighted by atomic mass is 9.40. The van der Waals surface area contributed by atoms with Gasteiger partial charge in [0.2, 0.25) is 0 Å². The molecule has 6 nitrogen and oxygen atoms in total. The Morgan fingerprint density at radius 3 is 2.22 bits per heavy atom. The molecule has 0 radical (unpaired) electrons. The van der Waals surface area contributed by atoms with E-state index in [2.05, 4.69) is 27.7 Å². The molecule has 0 aromatic carbocycles. The molecule has 7 atom stereocenters. The first kappa shape index (κ1) is 28.5. The van der Waals surface area contributed by atoms with Gasteiger partial charge in [0.05, 0.1) is 0 Å². The smallest absolute Gasteiger partial charge is 0.331 e. The lowest BCUT2D eigenvalue weighted by Crippen LogP contribution is -2.57. The molecule has 0 saturated heterocycles. The molecule has 3 saturated carbocycles. The number of allylic oxidation sites excluding steroid dienone is 2. The van der Waals surface area contributed by atoms with E-state index in [9.17, 15) is 24.6 Å². The monoisotopic (exact) mass is 502 g/mol. The second kappa shape index (κ2) is 10.3. The fourth-order valence-corrected chi connectivity index (χ4v) is 9.02. The minimum Gasteiger partial charge on any atom is -0.481 e. The molecule has 0 heterocycles. The minimum absolute atomic E-state index is 0.00886. The van der Waals surface area contributed by atoms with Crippen molar-refractivity contribution in [3.8, 4) is 0 Å². The van der Waals surface area contributed by atoms with Crippen molar-refractivity contribution in [3.63, 3.8) is 0 Å². The van der Waals surface area contributed by atoms with Crippen LogP contribution in [0.15, 0.2) is 22.8 Å². The Balaban J connectivity index is 1.90. The van der Waals surface area contributed by atoms with E-state index in [1.165, 1.54) is 6.42 Å². The topological polar surface area (TPSA) is 112 Å². The van der Waals surface area contributed by atoms with Gasteiger partial charge in [0, 0.05) is 17.6 Å². The Kier molecular flexibility index (Phi) is 8.17. The van der Waals surface area contributed by atoms with E-state index in [0.29, 0.717) is 35.3 Å². The molecule has 3 aliphatic rings. The van der Waals surface area contributed by atoms with Gasteiger partial charge < -0.3 is 15.3 Å². The first-order valence-electron chi connectivity index (χ1n) is 13.7. The molecule has 0 aromatic heterocycles. The zero-order chi connectivity index (χ0) is 27.1. The Hall–Kier alpha value is -2.11. The van der Waals surface area contributed by atoms with E-state index in [4.69, 9.17) is 5.11 Å². The van der Waals surface area contributed by atoms with Crippen molar-refractivity contribution in [2.75, 3.05) is 0 Å². The summed E-state index contributed by atoms with van der Waals surface area (Å²) in [5.41, 5.74) is 1.98. The zero-order valence-corrected chi connectivity index (χ0v) is 23.0. The van der Waals surface area contributed by atoms with Gasteiger partial charge in [-0.15, -0.1) is 0 Å². The van der Waals surface area contributed by atoms with Crippen molar-refractivity contribution in [1.29, 1.82) is 0 Å². The number of hydrogen-bond acceptors (Lipinski definition) is 3. The summed E-state index contributed by atoms with van der Waals surface area (Å²) in [6, 6.07) is 0. The predicted molar refractivity (Wildman–Crippen MR) is 139 cm³/mol. The lowest BCUT2D eigenvalue weighted by molar-refractivity contribution is -0.148. The van der Waals surface area contributed by atoms with Crippen LogP contribution in [0.3, 0.4) is 0 Å². The van der Waals surface area contributed by atoms with Crippen molar-refractivity contribution in [3.05, 3.63) is 22.8 Å². The van der Waals surface area contributed by atoms with Gasteiger partial charge in [-0.05, 0) is 112 Å². The van der Waals surface area contributed by atoms with Crippen molar-refractivity contribution in [2.24, 2.45) is 39.9 Å². The molecule has 0 unspecified atom stereocenters. The highest BCUT2D eigenvalue weighted by Gasteiger charge is 2.66. The molecule has 0 spiro atoms. The number of fused-ring (bicyclic) bond motifs is 3. The number of hydrogen-bond donors (Lipinski definition) is 3. The van der Waals surface area contributed by atoms with Gasteiger partial charge in [0.1, 0.15) is 0 Å². The van der Waals surface area contributed by atoms with Crippen LogP contribution in [0.25, 0.3) is 0 Å². The first-order chi connectivity index (χ1) is 16.7. The van der Waals surface area contributed by atoms with E-state index < -0.39 is 17.9 Å². The third-order valence-corrected chi connectivity index (χ3v) is 11.3.